The van der Waals surface area contributed by atoms with Crippen molar-refractivity contribution in [1.82, 2.24) is 0 Å². The quantitative estimate of drug-likeness (QED) is 0.756. The van der Waals surface area contributed by atoms with Gasteiger partial charge < -0.3 is 14.7 Å². The zero-order valence-corrected chi connectivity index (χ0v) is 16.2. The van der Waals surface area contributed by atoms with Gasteiger partial charge in [-0.25, -0.2) is 0 Å². The van der Waals surface area contributed by atoms with E-state index in [0.29, 0.717) is 12.4 Å². The molecule has 5 heteroatoms. The van der Waals surface area contributed by atoms with Crippen molar-refractivity contribution in [1.29, 1.82) is 0 Å². The highest BCUT2D eigenvalue weighted by atomic mass is 32.2. The van der Waals surface area contributed by atoms with Gasteiger partial charge in [-0.2, -0.15) is 0 Å². The summed E-state index contributed by atoms with van der Waals surface area (Å²) in [5, 5.41) is 11.8. The second kappa shape index (κ2) is 7.98. The summed E-state index contributed by atoms with van der Waals surface area (Å²) in [7, 11) is 0. The minimum absolute atomic E-state index is 0.615. The molecule has 0 amide bonds. The Labute approximate surface area is 159 Å². The van der Waals surface area contributed by atoms with Crippen LogP contribution in [0.2, 0.25) is 0 Å². The van der Waals surface area contributed by atoms with Crippen molar-refractivity contribution < 1.29 is 9.84 Å². The van der Waals surface area contributed by atoms with E-state index in [0.717, 1.165) is 27.9 Å². The van der Waals surface area contributed by atoms with Gasteiger partial charge in [-0.1, -0.05) is 18.2 Å². The lowest BCUT2D eigenvalue weighted by molar-refractivity contribution is 0.0950. The van der Waals surface area contributed by atoms with Crippen LogP contribution in [-0.4, -0.2) is 28.9 Å². The monoisotopic (exact) mass is 368 g/mol. The second-order valence-corrected chi connectivity index (χ2v) is 7.33. The van der Waals surface area contributed by atoms with Gasteiger partial charge in [0.05, 0.1) is 17.3 Å². The fraction of sp³-hybridized carbons (Fsp3) is 0.286. The number of benzene rings is 2. The van der Waals surface area contributed by atoms with E-state index >= 15 is 0 Å². The number of hydrogen-bond donors (Lipinski definition) is 1. The Morgan fingerprint density at radius 1 is 1.23 bits per heavy atom. The predicted molar refractivity (Wildman–Crippen MR) is 110 cm³/mol. The number of ether oxygens (including phenoxy) is 1. The molecular weight excluding hydrogens is 344 g/mol. The van der Waals surface area contributed by atoms with Gasteiger partial charge in [-0.15, -0.1) is 11.8 Å². The molecule has 1 saturated heterocycles. The summed E-state index contributed by atoms with van der Waals surface area (Å²) in [6, 6.07) is 17.7. The second-order valence-electron chi connectivity index (χ2n) is 6.34. The van der Waals surface area contributed by atoms with Crippen LogP contribution in [0.5, 0.6) is 5.75 Å². The number of nitrogens with zero attached hydrogens (tertiary/aromatic N) is 2. The van der Waals surface area contributed by atoms with Gasteiger partial charge >= 0.3 is 0 Å². The molecule has 0 radical (unpaired) electrons. The van der Waals surface area contributed by atoms with Gasteiger partial charge in [0.2, 0.25) is 0 Å². The number of para-hydroxylation sites is 1. The Morgan fingerprint density at radius 2 is 1.92 bits per heavy atom. The molecule has 1 aliphatic heterocycles. The fourth-order valence-electron chi connectivity index (χ4n) is 2.86. The van der Waals surface area contributed by atoms with Crippen LogP contribution in [0.3, 0.4) is 0 Å². The summed E-state index contributed by atoms with van der Waals surface area (Å²) in [6.45, 7) is 6.43. The molecule has 26 heavy (non-hydrogen) atoms. The third-order valence-corrected chi connectivity index (χ3v) is 5.28. The molecule has 0 spiro atoms. The van der Waals surface area contributed by atoms with Gasteiger partial charge in [0.25, 0.3) is 0 Å². The predicted octanol–water partition coefficient (Wildman–Crippen LogP) is 4.98. The Morgan fingerprint density at radius 3 is 2.58 bits per heavy atom. The first-order chi connectivity index (χ1) is 12.5. The summed E-state index contributed by atoms with van der Waals surface area (Å²) in [4.78, 5) is 6.63. The van der Waals surface area contributed by atoms with Gasteiger partial charge in [0.1, 0.15) is 11.5 Å². The maximum Gasteiger partial charge on any atom is 0.149 e. The van der Waals surface area contributed by atoms with E-state index in [2.05, 4.69) is 4.99 Å². The molecule has 3 rings (SSSR count). The van der Waals surface area contributed by atoms with Crippen LogP contribution in [0, 0.1) is 0 Å². The summed E-state index contributed by atoms with van der Waals surface area (Å²) in [6.07, 6.45) is 2.02. The lowest BCUT2D eigenvalue weighted by Crippen LogP contribution is -2.42. The van der Waals surface area contributed by atoms with Crippen molar-refractivity contribution in [2.24, 2.45) is 4.99 Å². The first-order valence-corrected chi connectivity index (χ1v) is 9.68. The molecule has 1 fully saturated rings. The normalized spacial score (nSPS) is 22.1. The third kappa shape index (κ3) is 4.29. The molecule has 1 heterocycles. The number of thioether (sulfide) groups is 1. The largest absolute Gasteiger partial charge is 0.494 e. The standard InChI is InChI=1S/C21H24N2O2S/c1-4-25-19-12-10-17(11-13-19)22-16(2)14-20-23(21(3,24)15-26-20)18-8-6-5-7-9-18/h5-14,24H,4,15H2,1-3H3/b20-14+,22-16?/t21-/m1/s1. The molecule has 0 aromatic heterocycles. The maximum absolute atomic E-state index is 10.8. The number of aliphatic hydroxyl groups is 1. The van der Waals surface area contributed by atoms with Gasteiger partial charge in [-0.05, 0) is 63.2 Å². The molecule has 2 aromatic rings. The van der Waals surface area contributed by atoms with E-state index in [9.17, 15) is 5.11 Å². The highest BCUT2D eigenvalue weighted by Gasteiger charge is 2.38. The van der Waals surface area contributed by atoms with Crippen LogP contribution >= 0.6 is 11.8 Å². The van der Waals surface area contributed by atoms with E-state index < -0.39 is 5.72 Å². The molecule has 0 aliphatic carbocycles. The minimum Gasteiger partial charge on any atom is -0.494 e. The molecule has 4 nitrogen and oxygen atoms in total. The van der Waals surface area contributed by atoms with E-state index in [4.69, 9.17) is 4.74 Å². The average molecular weight is 369 g/mol. The van der Waals surface area contributed by atoms with Gasteiger partial charge in [0.15, 0.2) is 0 Å². The fourth-order valence-corrected chi connectivity index (χ4v) is 4.10. The Hall–Kier alpha value is -2.24. The van der Waals surface area contributed by atoms with E-state index in [1.807, 2.05) is 86.3 Å². The van der Waals surface area contributed by atoms with Gasteiger partial charge in [0, 0.05) is 17.2 Å². The molecular formula is C21H24N2O2S. The molecule has 136 valence electrons. The molecule has 0 bridgehead atoms. The number of aliphatic imine (C=N–C) groups is 1. The lowest BCUT2D eigenvalue weighted by atomic mass is 10.2. The Balaban J connectivity index is 1.85. The number of anilines is 1. The maximum atomic E-state index is 10.8. The van der Waals surface area contributed by atoms with Crippen LogP contribution in [-0.2, 0) is 0 Å². The highest BCUT2D eigenvalue weighted by molar-refractivity contribution is 8.03. The van der Waals surface area contributed by atoms with Crippen molar-refractivity contribution in [3.8, 4) is 5.75 Å². The average Bonchev–Trinajstić information content (AvgIpc) is 2.92. The van der Waals surface area contributed by atoms with Crippen LogP contribution in [0.1, 0.15) is 20.8 Å². The van der Waals surface area contributed by atoms with Crippen molar-refractivity contribution in [2.75, 3.05) is 17.3 Å². The number of rotatable bonds is 5. The van der Waals surface area contributed by atoms with Crippen LogP contribution in [0.4, 0.5) is 11.4 Å². The molecule has 2 aromatic carbocycles. The summed E-state index contributed by atoms with van der Waals surface area (Å²) < 4.78 is 5.46. The lowest BCUT2D eigenvalue weighted by Gasteiger charge is -2.31. The molecule has 0 unspecified atom stereocenters. The topological polar surface area (TPSA) is 45.1 Å². The number of allylic oxidation sites excluding steroid dienone is 1. The Kier molecular flexibility index (Phi) is 5.69. The molecule has 1 N–H and O–H groups in total. The summed E-state index contributed by atoms with van der Waals surface area (Å²) in [5.74, 6) is 1.46. The molecule has 1 aliphatic rings. The van der Waals surface area contributed by atoms with E-state index in [-0.39, 0.29) is 0 Å². The zero-order valence-electron chi connectivity index (χ0n) is 15.3. The van der Waals surface area contributed by atoms with Crippen LogP contribution < -0.4 is 9.64 Å². The zero-order chi connectivity index (χ0) is 18.6. The first kappa shape index (κ1) is 18.5. The Bertz CT molecular complexity index is 799. The third-order valence-electron chi connectivity index (χ3n) is 4.00. The van der Waals surface area contributed by atoms with E-state index in [1.54, 1.807) is 11.8 Å². The van der Waals surface area contributed by atoms with Crippen molar-refractivity contribution in [2.45, 2.75) is 26.5 Å². The van der Waals surface area contributed by atoms with Crippen molar-refractivity contribution >= 4 is 28.8 Å². The van der Waals surface area contributed by atoms with Gasteiger partial charge in [-0.3, -0.25) is 4.99 Å². The highest BCUT2D eigenvalue weighted by Crippen LogP contribution is 2.41. The molecule has 1 atom stereocenters. The SMILES string of the molecule is CCOc1ccc(N=C(C)/C=C2/SC[C@@](C)(O)N2c2ccccc2)cc1. The first-order valence-electron chi connectivity index (χ1n) is 8.70. The minimum atomic E-state index is -0.919. The van der Waals surface area contributed by atoms with Crippen LogP contribution in [0.15, 0.2) is 70.7 Å². The van der Waals surface area contributed by atoms with E-state index in [1.165, 1.54) is 0 Å². The molecule has 0 saturated carbocycles. The smallest absolute Gasteiger partial charge is 0.149 e. The number of hydrogen-bond acceptors (Lipinski definition) is 5. The van der Waals surface area contributed by atoms with Crippen LogP contribution in [0.25, 0.3) is 0 Å². The van der Waals surface area contributed by atoms with Crippen molar-refractivity contribution in [3.63, 3.8) is 0 Å². The summed E-state index contributed by atoms with van der Waals surface area (Å²) in [5.41, 5.74) is 1.82. The summed E-state index contributed by atoms with van der Waals surface area (Å²) >= 11 is 1.64. The van der Waals surface area contributed by atoms with Crippen molar-refractivity contribution in [3.05, 3.63) is 65.7 Å².